The van der Waals surface area contributed by atoms with Gasteiger partial charge in [0.15, 0.2) is 5.65 Å². The van der Waals surface area contributed by atoms with Crippen LogP contribution < -0.4 is 10.5 Å². The number of nitrogens with two attached hydrogens (primary N) is 1. The van der Waals surface area contributed by atoms with Crippen LogP contribution in [0.25, 0.3) is 22.3 Å². The molecule has 0 radical (unpaired) electrons. The van der Waals surface area contributed by atoms with E-state index >= 15 is 0 Å². The molecule has 4 rings (SSSR count). The molecule has 0 spiro atoms. The van der Waals surface area contributed by atoms with Crippen LogP contribution in [0, 0.1) is 0 Å². The molecule has 4 aromatic rings. The molecule has 0 amide bonds. The number of para-hydroxylation sites is 1. The summed E-state index contributed by atoms with van der Waals surface area (Å²) in [5, 5.41) is 8.08. The van der Waals surface area contributed by atoms with Gasteiger partial charge in [-0.3, -0.25) is 5.10 Å². The van der Waals surface area contributed by atoms with Crippen molar-refractivity contribution in [3.05, 3.63) is 60.4 Å². The molecular formula is C20H19N5O. The molecule has 2 aromatic carbocycles. The molecule has 2 heterocycles. The number of nitrogen functional groups attached to an aromatic ring is 1. The molecule has 0 atom stereocenters. The van der Waals surface area contributed by atoms with Crippen LogP contribution in [-0.4, -0.2) is 20.2 Å². The predicted octanol–water partition coefficient (Wildman–Crippen LogP) is 4.52. The third-order valence-electron chi connectivity index (χ3n) is 4.10. The van der Waals surface area contributed by atoms with E-state index in [1.165, 1.54) is 0 Å². The van der Waals surface area contributed by atoms with Gasteiger partial charge in [-0.2, -0.15) is 5.10 Å². The number of hydrogen-bond acceptors (Lipinski definition) is 5. The molecular weight excluding hydrogens is 326 g/mol. The first-order valence-corrected chi connectivity index (χ1v) is 8.46. The summed E-state index contributed by atoms with van der Waals surface area (Å²) in [7, 11) is 0. The molecule has 26 heavy (non-hydrogen) atoms. The monoisotopic (exact) mass is 345 g/mol. The lowest BCUT2D eigenvalue weighted by molar-refractivity contribution is 0.483. The van der Waals surface area contributed by atoms with Crippen LogP contribution in [0.2, 0.25) is 0 Å². The Bertz CT molecular complexity index is 1040. The van der Waals surface area contributed by atoms with E-state index in [4.69, 9.17) is 10.5 Å². The highest BCUT2D eigenvalue weighted by Crippen LogP contribution is 2.31. The topological polar surface area (TPSA) is 89.7 Å². The van der Waals surface area contributed by atoms with Crippen LogP contribution in [0.3, 0.4) is 0 Å². The minimum atomic E-state index is 0.191. The average molecular weight is 345 g/mol. The van der Waals surface area contributed by atoms with Crippen molar-refractivity contribution in [3.63, 3.8) is 0 Å². The molecule has 0 fully saturated rings. The summed E-state index contributed by atoms with van der Waals surface area (Å²) in [6, 6.07) is 17.4. The molecule has 6 nitrogen and oxygen atoms in total. The number of anilines is 1. The third kappa shape index (κ3) is 2.97. The smallest absolute Gasteiger partial charge is 0.187 e. The van der Waals surface area contributed by atoms with Crippen LogP contribution in [0.5, 0.6) is 11.5 Å². The first-order valence-electron chi connectivity index (χ1n) is 8.46. The van der Waals surface area contributed by atoms with Gasteiger partial charge in [0.25, 0.3) is 0 Å². The maximum atomic E-state index is 6.17. The van der Waals surface area contributed by atoms with Crippen molar-refractivity contribution < 1.29 is 4.74 Å². The first kappa shape index (κ1) is 16.1. The van der Waals surface area contributed by atoms with Crippen LogP contribution in [0.4, 0.5) is 5.82 Å². The van der Waals surface area contributed by atoms with E-state index in [2.05, 4.69) is 20.2 Å². The lowest BCUT2D eigenvalue weighted by Gasteiger charge is -2.07. The Hall–Kier alpha value is -3.41. The molecule has 6 heteroatoms. The molecule has 0 saturated carbocycles. The van der Waals surface area contributed by atoms with Gasteiger partial charge in [0.05, 0.1) is 11.1 Å². The van der Waals surface area contributed by atoms with Crippen molar-refractivity contribution in [1.29, 1.82) is 0 Å². The fourth-order valence-electron chi connectivity index (χ4n) is 2.75. The van der Waals surface area contributed by atoms with Gasteiger partial charge in [-0.15, -0.1) is 0 Å². The summed E-state index contributed by atoms with van der Waals surface area (Å²) < 4.78 is 5.83. The minimum Gasteiger partial charge on any atom is -0.457 e. The lowest BCUT2D eigenvalue weighted by Crippen LogP contribution is -2.02. The van der Waals surface area contributed by atoms with E-state index < -0.39 is 0 Å². The summed E-state index contributed by atoms with van der Waals surface area (Å²) in [5.74, 6) is 2.88. The van der Waals surface area contributed by atoms with Gasteiger partial charge in [-0.1, -0.05) is 32.0 Å². The van der Waals surface area contributed by atoms with Gasteiger partial charge in [0.1, 0.15) is 23.1 Å². The number of nitrogens with one attached hydrogen (secondary N) is 1. The molecule has 0 aliphatic rings. The maximum Gasteiger partial charge on any atom is 0.187 e. The van der Waals surface area contributed by atoms with Gasteiger partial charge in [0.2, 0.25) is 0 Å². The van der Waals surface area contributed by atoms with E-state index in [-0.39, 0.29) is 5.92 Å². The number of nitrogens with zero attached hydrogens (tertiary/aromatic N) is 3. The number of aromatic nitrogens is 4. The fraction of sp³-hybridized carbons (Fsp3) is 0.150. The first-order chi connectivity index (χ1) is 12.6. The normalized spacial score (nSPS) is 11.2. The van der Waals surface area contributed by atoms with Crippen molar-refractivity contribution in [3.8, 4) is 22.8 Å². The van der Waals surface area contributed by atoms with Crippen LogP contribution in [0.15, 0.2) is 54.6 Å². The number of benzene rings is 2. The van der Waals surface area contributed by atoms with Gasteiger partial charge in [0, 0.05) is 11.5 Å². The van der Waals surface area contributed by atoms with Crippen molar-refractivity contribution in [1.82, 2.24) is 20.2 Å². The Labute approximate surface area is 151 Å². The van der Waals surface area contributed by atoms with E-state index in [1.807, 2.05) is 68.4 Å². The number of H-pyrrole nitrogens is 1. The Balaban J connectivity index is 1.67. The predicted molar refractivity (Wildman–Crippen MR) is 102 cm³/mol. The Morgan fingerprint density at radius 2 is 1.62 bits per heavy atom. The summed E-state index contributed by atoms with van der Waals surface area (Å²) >= 11 is 0. The SMILES string of the molecule is CC(C)c1nc(N)c2c(-c3ccc(Oc4ccccc4)cc3)[nH]nc2n1. The number of rotatable bonds is 4. The molecule has 0 unspecified atom stereocenters. The second-order valence-electron chi connectivity index (χ2n) is 6.36. The number of fused-ring (bicyclic) bond motifs is 1. The zero-order valence-electron chi connectivity index (χ0n) is 14.6. The summed E-state index contributed by atoms with van der Waals surface area (Å²) in [4.78, 5) is 8.91. The number of ether oxygens (including phenoxy) is 1. The highest BCUT2D eigenvalue weighted by Gasteiger charge is 2.16. The van der Waals surface area contributed by atoms with Crippen molar-refractivity contribution in [2.75, 3.05) is 5.73 Å². The highest BCUT2D eigenvalue weighted by molar-refractivity contribution is 5.98. The largest absolute Gasteiger partial charge is 0.457 e. The Morgan fingerprint density at radius 1 is 0.923 bits per heavy atom. The quantitative estimate of drug-likeness (QED) is 0.567. The van der Waals surface area contributed by atoms with Crippen LogP contribution in [0.1, 0.15) is 25.6 Å². The second-order valence-corrected chi connectivity index (χ2v) is 6.36. The Kier molecular flexibility index (Phi) is 4.01. The summed E-state index contributed by atoms with van der Waals surface area (Å²) in [6.07, 6.45) is 0. The van der Waals surface area contributed by atoms with Gasteiger partial charge in [-0.05, 0) is 36.4 Å². The van der Waals surface area contributed by atoms with E-state index in [9.17, 15) is 0 Å². The molecule has 0 saturated heterocycles. The Morgan fingerprint density at radius 3 is 2.31 bits per heavy atom. The highest BCUT2D eigenvalue weighted by atomic mass is 16.5. The van der Waals surface area contributed by atoms with Gasteiger partial charge in [-0.25, -0.2) is 9.97 Å². The zero-order valence-corrected chi connectivity index (χ0v) is 14.6. The minimum absolute atomic E-state index is 0.191. The van der Waals surface area contributed by atoms with E-state index in [0.29, 0.717) is 17.3 Å². The average Bonchev–Trinajstić information content (AvgIpc) is 3.08. The fourth-order valence-corrected chi connectivity index (χ4v) is 2.75. The maximum absolute atomic E-state index is 6.17. The van der Waals surface area contributed by atoms with Crippen LogP contribution in [-0.2, 0) is 0 Å². The molecule has 3 N–H and O–H groups in total. The third-order valence-corrected chi connectivity index (χ3v) is 4.10. The molecule has 0 bridgehead atoms. The van der Waals surface area contributed by atoms with Gasteiger partial charge >= 0.3 is 0 Å². The second kappa shape index (κ2) is 6.48. The van der Waals surface area contributed by atoms with E-state index in [1.54, 1.807) is 0 Å². The molecule has 0 aliphatic heterocycles. The van der Waals surface area contributed by atoms with Gasteiger partial charge < -0.3 is 10.5 Å². The summed E-state index contributed by atoms with van der Waals surface area (Å²) in [5.41, 5.74) is 8.51. The molecule has 130 valence electrons. The molecule has 0 aliphatic carbocycles. The zero-order chi connectivity index (χ0) is 18.1. The van der Waals surface area contributed by atoms with Crippen molar-refractivity contribution in [2.24, 2.45) is 0 Å². The van der Waals surface area contributed by atoms with Crippen LogP contribution >= 0.6 is 0 Å². The van der Waals surface area contributed by atoms with E-state index in [0.717, 1.165) is 28.1 Å². The van der Waals surface area contributed by atoms with Crippen molar-refractivity contribution in [2.45, 2.75) is 19.8 Å². The molecule has 2 aromatic heterocycles. The van der Waals surface area contributed by atoms with Crippen molar-refractivity contribution >= 4 is 16.9 Å². The standard InChI is InChI=1S/C20H19N5O/c1-12(2)19-22-18(21)16-17(24-25-20(16)23-19)13-8-10-15(11-9-13)26-14-6-4-3-5-7-14/h3-12H,1-2H3,(H3,21,22,23,24,25). The number of hydrogen-bond donors (Lipinski definition) is 2. The number of aromatic amines is 1. The summed E-state index contributed by atoms with van der Waals surface area (Å²) in [6.45, 7) is 4.05. The lowest BCUT2D eigenvalue weighted by atomic mass is 10.1.